The summed E-state index contributed by atoms with van der Waals surface area (Å²) in [5, 5.41) is -0.0205. The van der Waals surface area contributed by atoms with Crippen LogP contribution in [0.15, 0.2) is 30.5 Å². The average Bonchev–Trinajstić information content (AvgIpc) is 2.41. The number of aromatic nitrogens is 2. The van der Waals surface area contributed by atoms with Gasteiger partial charge in [0.2, 0.25) is 5.28 Å². The van der Waals surface area contributed by atoms with Crippen LogP contribution in [0.1, 0.15) is 37.6 Å². The summed E-state index contributed by atoms with van der Waals surface area (Å²) < 4.78 is 37.5. The van der Waals surface area contributed by atoms with Crippen LogP contribution in [0.25, 0.3) is 0 Å². The molecule has 2 aromatic rings. The van der Waals surface area contributed by atoms with Crippen LogP contribution in [0.5, 0.6) is 0 Å². The maximum atomic E-state index is 13.7. The van der Waals surface area contributed by atoms with Crippen molar-refractivity contribution in [3.8, 4) is 0 Å². The third kappa shape index (κ3) is 4.48. The van der Waals surface area contributed by atoms with E-state index in [0.717, 1.165) is 11.8 Å². The summed E-state index contributed by atoms with van der Waals surface area (Å²) in [7, 11) is -3.28. The van der Waals surface area contributed by atoms with Crippen LogP contribution in [-0.4, -0.2) is 23.1 Å². The first kappa shape index (κ1) is 17.8. The molecule has 0 fully saturated rings. The van der Waals surface area contributed by atoms with E-state index in [0.29, 0.717) is 5.56 Å². The Morgan fingerprint density at radius 1 is 1.22 bits per heavy atom. The van der Waals surface area contributed by atoms with Gasteiger partial charge in [0.25, 0.3) is 0 Å². The number of hydrogen-bond acceptors (Lipinski definition) is 4. The van der Waals surface area contributed by atoms with E-state index in [1.54, 1.807) is 45.0 Å². The highest BCUT2D eigenvalue weighted by Gasteiger charge is 2.28. The van der Waals surface area contributed by atoms with Crippen molar-refractivity contribution in [3.63, 3.8) is 0 Å². The topological polar surface area (TPSA) is 59.9 Å². The Morgan fingerprint density at radius 2 is 1.87 bits per heavy atom. The Hall–Kier alpha value is -1.53. The average molecular weight is 357 g/mol. The van der Waals surface area contributed by atoms with Crippen molar-refractivity contribution in [1.82, 2.24) is 9.97 Å². The summed E-state index contributed by atoms with van der Waals surface area (Å²) in [5.41, 5.74) is 1.61. The molecule has 0 radical (unpaired) electrons. The normalized spacial score (nSPS) is 12.4. The van der Waals surface area contributed by atoms with E-state index >= 15 is 0 Å². The second-order valence-corrected chi connectivity index (χ2v) is 9.38. The van der Waals surface area contributed by atoms with Gasteiger partial charge >= 0.3 is 0 Å². The Labute approximate surface area is 140 Å². The molecule has 1 aromatic carbocycles. The molecule has 0 atom stereocenters. The highest BCUT2D eigenvalue weighted by Crippen LogP contribution is 2.22. The first-order chi connectivity index (χ1) is 10.6. The lowest BCUT2D eigenvalue weighted by Gasteiger charge is -2.19. The van der Waals surface area contributed by atoms with Gasteiger partial charge in [0, 0.05) is 6.42 Å². The van der Waals surface area contributed by atoms with Crippen molar-refractivity contribution < 1.29 is 12.8 Å². The zero-order valence-electron chi connectivity index (χ0n) is 13.2. The number of sulfone groups is 1. The molecule has 0 aliphatic rings. The van der Waals surface area contributed by atoms with E-state index in [-0.39, 0.29) is 23.2 Å². The molecule has 124 valence electrons. The molecule has 0 bridgehead atoms. The van der Waals surface area contributed by atoms with E-state index in [2.05, 4.69) is 9.97 Å². The van der Waals surface area contributed by atoms with Crippen molar-refractivity contribution in [2.45, 2.75) is 37.7 Å². The molecule has 1 aromatic heterocycles. The molecule has 0 aliphatic heterocycles. The summed E-state index contributed by atoms with van der Waals surface area (Å²) in [6.07, 6.45) is 1.25. The molecule has 2 rings (SSSR count). The van der Waals surface area contributed by atoms with Crippen molar-refractivity contribution >= 4 is 21.4 Å². The van der Waals surface area contributed by atoms with Gasteiger partial charge in [0.05, 0.1) is 22.4 Å². The molecule has 0 amide bonds. The van der Waals surface area contributed by atoms with Gasteiger partial charge in [-0.25, -0.2) is 22.8 Å². The highest BCUT2D eigenvalue weighted by molar-refractivity contribution is 7.91. The molecule has 0 saturated heterocycles. The fraction of sp³-hybridized carbons (Fsp3) is 0.375. The Balaban J connectivity index is 2.26. The van der Waals surface area contributed by atoms with E-state index in [9.17, 15) is 12.8 Å². The van der Waals surface area contributed by atoms with Crippen molar-refractivity contribution in [2.75, 3.05) is 0 Å². The second kappa shape index (κ2) is 6.53. The maximum Gasteiger partial charge on any atom is 0.222 e. The van der Waals surface area contributed by atoms with E-state index < -0.39 is 20.4 Å². The van der Waals surface area contributed by atoms with Crippen LogP contribution in [0, 0.1) is 5.82 Å². The number of nitrogens with zero attached hydrogens (tertiary/aromatic N) is 2. The molecule has 7 heteroatoms. The first-order valence-corrected chi connectivity index (χ1v) is 9.08. The zero-order chi connectivity index (χ0) is 17.3. The molecule has 0 aliphatic carbocycles. The lowest BCUT2D eigenvalue weighted by Crippen LogP contribution is -2.29. The maximum absolute atomic E-state index is 13.7. The van der Waals surface area contributed by atoms with Gasteiger partial charge < -0.3 is 0 Å². The van der Waals surface area contributed by atoms with Crippen LogP contribution in [0.2, 0.25) is 5.28 Å². The van der Waals surface area contributed by atoms with Crippen molar-refractivity contribution in [2.24, 2.45) is 0 Å². The van der Waals surface area contributed by atoms with Gasteiger partial charge in [-0.3, -0.25) is 0 Å². The SMILES string of the molecule is CC(C)(C)S(=O)(=O)Cc1cccc(Cc2nc(Cl)ncc2F)c1. The standard InChI is InChI=1S/C16H18ClFN2O2S/c1-16(2,3)23(21,22)10-12-6-4-5-11(7-12)8-14-13(18)9-19-15(17)20-14/h4-7,9H,8,10H2,1-3H3. The zero-order valence-corrected chi connectivity index (χ0v) is 14.7. The minimum absolute atomic E-state index is 0.0205. The summed E-state index contributed by atoms with van der Waals surface area (Å²) in [6, 6.07) is 7.04. The minimum Gasteiger partial charge on any atom is -0.228 e. The molecule has 23 heavy (non-hydrogen) atoms. The van der Waals surface area contributed by atoms with Crippen LogP contribution in [-0.2, 0) is 22.0 Å². The fourth-order valence-electron chi connectivity index (χ4n) is 1.96. The van der Waals surface area contributed by atoms with Gasteiger partial charge in [0.1, 0.15) is 0 Å². The van der Waals surface area contributed by atoms with Gasteiger partial charge in [-0.15, -0.1) is 0 Å². The van der Waals surface area contributed by atoms with Crippen LogP contribution in [0.4, 0.5) is 4.39 Å². The summed E-state index contributed by atoms with van der Waals surface area (Å²) >= 11 is 5.68. The van der Waals surface area contributed by atoms with Gasteiger partial charge in [-0.2, -0.15) is 0 Å². The molecule has 0 unspecified atom stereocenters. The highest BCUT2D eigenvalue weighted by atomic mass is 35.5. The molecule has 0 N–H and O–H groups in total. The van der Waals surface area contributed by atoms with Crippen molar-refractivity contribution in [1.29, 1.82) is 0 Å². The number of halogens is 2. The Morgan fingerprint density at radius 3 is 2.52 bits per heavy atom. The largest absolute Gasteiger partial charge is 0.228 e. The van der Waals surface area contributed by atoms with Crippen molar-refractivity contribution in [3.05, 3.63) is 58.4 Å². The van der Waals surface area contributed by atoms with Gasteiger partial charge in [-0.05, 0) is 43.5 Å². The first-order valence-electron chi connectivity index (χ1n) is 7.05. The van der Waals surface area contributed by atoms with Crippen LogP contribution >= 0.6 is 11.6 Å². The number of hydrogen-bond donors (Lipinski definition) is 0. The summed E-state index contributed by atoms with van der Waals surface area (Å²) in [4.78, 5) is 7.45. The quantitative estimate of drug-likeness (QED) is 0.786. The summed E-state index contributed by atoms with van der Waals surface area (Å²) in [5.74, 6) is -0.598. The molecule has 1 heterocycles. The molecular weight excluding hydrogens is 339 g/mol. The Kier molecular flexibility index (Phi) is 5.06. The third-order valence-corrected chi connectivity index (χ3v) is 6.20. The minimum atomic E-state index is -3.28. The predicted octanol–water partition coefficient (Wildman–Crippen LogP) is 3.57. The van der Waals surface area contributed by atoms with Crippen LogP contribution < -0.4 is 0 Å². The van der Waals surface area contributed by atoms with E-state index in [1.807, 2.05) is 0 Å². The van der Waals surface area contributed by atoms with Gasteiger partial charge in [-0.1, -0.05) is 24.3 Å². The van der Waals surface area contributed by atoms with Crippen LogP contribution in [0.3, 0.4) is 0 Å². The fourth-order valence-corrected chi connectivity index (χ4v) is 3.16. The third-order valence-electron chi connectivity index (χ3n) is 3.44. The molecule has 0 saturated carbocycles. The smallest absolute Gasteiger partial charge is 0.222 e. The number of rotatable bonds is 4. The number of benzene rings is 1. The van der Waals surface area contributed by atoms with Gasteiger partial charge in [0.15, 0.2) is 15.7 Å². The lowest BCUT2D eigenvalue weighted by atomic mass is 10.1. The summed E-state index contributed by atoms with van der Waals surface area (Å²) in [6.45, 7) is 5.01. The molecule has 0 spiro atoms. The van der Waals surface area contributed by atoms with E-state index in [1.165, 1.54) is 0 Å². The lowest BCUT2D eigenvalue weighted by molar-refractivity contribution is 0.559. The van der Waals surface area contributed by atoms with E-state index in [4.69, 9.17) is 11.6 Å². The predicted molar refractivity (Wildman–Crippen MR) is 88.6 cm³/mol. The Bertz CT molecular complexity index is 817. The molecular formula is C16H18ClFN2O2S. The molecule has 4 nitrogen and oxygen atoms in total. The second-order valence-electron chi connectivity index (χ2n) is 6.30. The monoisotopic (exact) mass is 356 g/mol.